The fraction of sp³-hybridized carbons (Fsp3) is 0.692. The van der Waals surface area contributed by atoms with Crippen LogP contribution in [0.2, 0.25) is 0 Å². The Morgan fingerprint density at radius 3 is 2.71 bits per heavy atom. The highest BCUT2D eigenvalue weighted by Gasteiger charge is 2.34. The third kappa shape index (κ3) is 3.06. The lowest BCUT2D eigenvalue weighted by Crippen LogP contribution is -2.31. The number of thiazole rings is 1. The summed E-state index contributed by atoms with van der Waals surface area (Å²) in [5.41, 5.74) is 0.161. The molecule has 0 amide bonds. The van der Waals surface area contributed by atoms with Gasteiger partial charge in [-0.2, -0.15) is 0 Å². The monoisotopic (exact) mass is 255 g/mol. The lowest BCUT2D eigenvalue weighted by atomic mass is 9.90. The van der Waals surface area contributed by atoms with Crippen molar-refractivity contribution in [2.45, 2.75) is 52.4 Å². The van der Waals surface area contributed by atoms with Crippen LogP contribution in [-0.2, 0) is 14.9 Å². The van der Waals surface area contributed by atoms with Crippen LogP contribution in [0.4, 0.5) is 0 Å². The smallest absolute Gasteiger partial charge is 0.317 e. The third-order valence-corrected chi connectivity index (χ3v) is 4.06. The molecule has 1 rings (SSSR count). The molecule has 0 fully saturated rings. The number of aromatic nitrogens is 1. The molecule has 0 aliphatic carbocycles. The average Bonchev–Trinajstić information content (AvgIpc) is 2.78. The van der Waals surface area contributed by atoms with Gasteiger partial charge in [0.2, 0.25) is 0 Å². The van der Waals surface area contributed by atoms with Gasteiger partial charge < -0.3 is 4.74 Å². The molecule has 1 aromatic rings. The summed E-state index contributed by atoms with van der Waals surface area (Å²) < 4.78 is 5.08. The minimum atomic E-state index is -0.655. The zero-order valence-electron chi connectivity index (χ0n) is 11.2. The summed E-state index contributed by atoms with van der Waals surface area (Å²) in [5, 5.41) is 3.07. The molecule has 4 heteroatoms. The number of hydrogen-bond donors (Lipinski definition) is 0. The van der Waals surface area contributed by atoms with E-state index in [0.717, 1.165) is 17.1 Å². The Labute approximate surface area is 107 Å². The minimum Gasteiger partial charge on any atom is -0.465 e. The molecule has 0 radical (unpaired) electrons. The van der Waals surface area contributed by atoms with Crippen molar-refractivity contribution in [3.63, 3.8) is 0 Å². The van der Waals surface area contributed by atoms with Crippen molar-refractivity contribution in [1.29, 1.82) is 0 Å². The van der Waals surface area contributed by atoms with E-state index in [1.807, 2.05) is 26.2 Å². The van der Waals surface area contributed by atoms with Gasteiger partial charge in [0.25, 0.3) is 0 Å². The second-order valence-electron chi connectivity index (χ2n) is 4.73. The maximum Gasteiger partial charge on any atom is 0.317 e. The maximum atomic E-state index is 11.9. The molecule has 0 spiro atoms. The van der Waals surface area contributed by atoms with Crippen LogP contribution in [0, 0.1) is 0 Å². The van der Waals surface area contributed by atoms with Crippen molar-refractivity contribution in [2.24, 2.45) is 0 Å². The molecule has 1 aromatic heterocycles. The van der Waals surface area contributed by atoms with E-state index in [-0.39, 0.29) is 5.97 Å². The fourth-order valence-corrected chi connectivity index (χ4v) is 2.52. The highest BCUT2D eigenvalue weighted by Crippen LogP contribution is 2.30. The topological polar surface area (TPSA) is 39.2 Å². The normalized spacial score (nSPS) is 13.5. The highest BCUT2D eigenvalue weighted by molar-refractivity contribution is 7.09. The molecular formula is C13H21NO2S. The van der Waals surface area contributed by atoms with Crippen LogP contribution in [0.3, 0.4) is 0 Å². The number of carbonyl (C=O) groups is 1. The number of ether oxygens (including phenoxy) is 1. The van der Waals surface area contributed by atoms with Crippen LogP contribution in [-0.4, -0.2) is 17.6 Å². The van der Waals surface area contributed by atoms with Crippen LogP contribution >= 0.6 is 11.3 Å². The maximum absolute atomic E-state index is 11.9. The molecule has 0 saturated carbocycles. The second-order valence-corrected chi connectivity index (χ2v) is 5.62. The first-order valence-electron chi connectivity index (χ1n) is 6.06. The van der Waals surface area contributed by atoms with Gasteiger partial charge in [-0.25, -0.2) is 4.98 Å². The van der Waals surface area contributed by atoms with Gasteiger partial charge in [0.15, 0.2) is 0 Å². The van der Waals surface area contributed by atoms with Crippen molar-refractivity contribution in [1.82, 2.24) is 4.98 Å². The SMILES string of the molecule is CCOC(=O)C(C)(C)c1csc(C(C)CC)n1. The van der Waals surface area contributed by atoms with E-state index in [4.69, 9.17) is 4.74 Å². The number of hydrogen-bond acceptors (Lipinski definition) is 4. The van der Waals surface area contributed by atoms with E-state index in [1.54, 1.807) is 11.3 Å². The number of rotatable bonds is 5. The first-order valence-corrected chi connectivity index (χ1v) is 6.94. The van der Waals surface area contributed by atoms with Crippen LogP contribution in [0.15, 0.2) is 5.38 Å². The van der Waals surface area contributed by atoms with Gasteiger partial charge >= 0.3 is 5.97 Å². The summed E-state index contributed by atoms with van der Waals surface area (Å²) in [6.45, 7) is 10.2. The summed E-state index contributed by atoms with van der Waals surface area (Å²) in [6.07, 6.45) is 1.06. The summed E-state index contributed by atoms with van der Waals surface area (Å²) >= 11 is 1.63. The van der Waals surface area contributed by atoms with Crippen LogP contribution in [0.1, 0.15) is 57.7 Å². The van der Waals surface area contributed by atoms with Crippen molar-refractivity contribution >= 4 is 17.3 Å². The Hall–Kier alpha value is -0.900. The molecular weight excluding hydrogens is 234 g/mol. The van der Waals surface area contributed by atoms with E-state index in [9.17, 15) is 4.79 Å². The van der Waals surface area contributed by atoms with Gasteiger partial charge in [-0.1, -0.05) is 13.8 Å². The Kier molecular flexibility index (Phi) is 4.69. The van der Waals surface area contributed by atoms with Gasteiger partial charge in [-0.15, -0.1) is 11.3 Å². The van der Waals surface area contributed by atoms with Crippen molar-refractivity contribution in [3.8, 4) is 0 Å². The quantitative estimate of drug-likeness (QED) is 0.756. The average molecular weight is 255 g/mol. The summed E-state index contributed by atoms with van der Waals surface area (Å²) in [5.74, 6) is 0.243. The molecule has 0 N–H and O–H groups in total. The number of esters is 1. The Morgan fingerprint density at radius 1 is 1.53 bits per heavy atom. The molecule has 0 aliphatic heterocycles. The first-order chi connectivity index (χ1) is 7.93. The zero-order valence-corrected chi connectivity index (χ0v) is 12.1. The predicted octanol–water partition coefficient (Wildman–Crippen LogP) is 3.50. The Bertz CT molecular complexity index is 385. The molecule has 17 heavy (non-hydrogen) atoms. The highest BCUT2D eigenvalue weighted by atomic mass is 32.1. The van der Waals surface area contributed by atoms with Gasteiger partial charge in [0.1, 0.15) is 5.41 Å². The molecule has 0 bridgehead atoms. The minimum absolute atomic E-state index is 0.207. The summed E-state index contributed by atoms with van der Waals surface area (Å²) in [7, 11) is 0. The molecule has 0 aliphatic rings. The second kappa shape index (κ2) is 5.63. The van der Waals surface area contributed by atoms with Crippen molar-refractivity contribution < 1.29 is 9.53 Å². The largest absolute Gasteiger partial charge is 0.465 e. The predicted molar refractivity (Wildman–Crippen MR) is 70.5 cm³/mol. The van der Waals surface area contributed by atoms with Gasteiger partial charge in [0, 0.05) is 11.3 Å². The van der Waals surface area contributed by atoms with Crippen LogP contribution in [0.25, 0.3) is 0 Å². The first kappa shape index (κ1) is 14.2. The molecule has 1 heterocycles. The Balaban J connectivity index is 2.92. The van der Waals surface area contributed by atoms with Gasteiger partial charge in [-0.3, -0.25) is 4.79 Å². The lowest BCUT2D eigenvalue weighted by Gasteiger charge is -2.19. The molecule has 0 aromatic carbocycles. The molecule has 96 valence electrons. The Morgan fingerprint density at radius 2 is 2.18 bits per heavy atom. The molecule has 1 atom stereocenters. The standard InChI is InChI=1S/C13H21NO2S/c1-6-9(3)11-14-10(8-17-11)13(4,5)12(15)16-7-2/h8-9H,6-7H2,1-5H3. The summed E-state index contributed by atoms with van der Waals surface area (Å²) in [4.78, 5) is 16.4. The van der Waals surface area contributed by atoms with Gasteiger partial charge in [0.05, 0.1) is 17.3 Å². The van der Waals surface area contributed by atoms with Crippen molar-refractivity contribution in [3.05, 3.63) is 16.1 Å². The molecule has 0 saturated heterocycles. The zero-order chi connectivity index (χ0) is 13.1. The summed E-state index contributed by atoms with van der Waals surface area (Å²) in [6, 6.07) is 0. The van der Waals surface area contributed by atoms with E-state index in [1.165, 1.54) is 0 Å². The van der Waals surface area contributed by atoms with E-state index in [0.29, 0.717) is 12.5 Å². The van der Waals surface area contributed by atoms with Crippen LogP contribution in [0.5, 0.6) is 0 Å². The number of carbonyl (C=O) groups excluding carboxylic acids is 1. The van der Waals surface area contributed by atoms with Crippen molar-refractivity contribution in [2.75, 3.05) is 6.61 Å². The van der Waals surface area contributed by atoms with Gasteiger partial charge in [-0.05, 0) is 27.2 Å². The van der Waals surface area contributed by atoms with Crippen LogP contribution < -0.4 is 0 Å². The van der Waals surface area contributed by atoms with E-state index < -0.39 is 5.41 Å². The number of nitrogens with zero attached hydrogens (tertiary/aromatic N) is 1. The van der Waals surface area contributed by atoms with E-state index >= 15 is 0 Å². The van der Waals surface area contributed by atoms with E-state index in [2.05, 4.69) is 18.8 Å². The lowest BCUT2D eigenvalue weighted by molar-refractivity contribution is -0.148. The fourth-order valence-electron chi connectivity index (χ4n) is 1.39. The molecule has 1 unspecified atom stereocenters. The molecule has 3 nitrogen and oxygen atoms in total. The third-order valence-electron chi connectivity index (χ3n) is 2.98.